The Kier molecular flexibility index (Phi) is 5.86. The van der Waals surface area contributed by atoms with Crippen LogP contribution in [0.15, 0.2) is 72.8 Å². The summed E-state index contributed by atoms with van der Waals surface area (Å²) in [5, 5.41) is 4.12. The lowest BCUT2D eigenvalue weighted by molar-refractivity contribution is -0.147. The molecule has 1 saturated heterocycles. The molecule has 2 N–H and O–H groups in total. The van der Waals surface area contributed by atoms with Crippen LogP contribution < -0.4 is 10.7 Å². The third kappa shape index (κ3) is 4.57. The summed E-state index contributed by atoms with van der Waals surface area (Å²) < 4.78 is 4.90. The van der Waals surface area contributed by atoms with Gasteiger partial charge >= 0.3 is 12.0 Å². The Balaban J connectivity index is 1.32. The Morgan fingerprint density at radius 1 is 1.06 bits per heavy atom. The van der Waals surface area contributed by atoms with Crippen LogP contribution in [-0.4, -0.2) is 40.4 Å². The maximum atomic E-state index is 12.8. The molecule has 9 nitrogen and oxygen atoms in total. The van der Waals surface area contributed by atoms with Crippen LogP contribution in [0.25, 0.3) is 17.0 Å². The Morgan fingerprint density at radius 3 is 2.58 bits per heavy atom. The number of rotatable bonds is 6. The summed E-state index contributed by atoms with van der Waals surface area (Å²) >= 11 is 0. The maximum Gasteiger partial charge on any atom is 0.344 e. The second kappa shape index (κ2) is 8.91. The second-order valence-corrected chi connectivity index (χ2v) is 7.47. The summed E-state index contributed by atoms with van der Waals surface area (Å²) in [7, 11) is 0. The number of benzene rings is 2. The minimum absolute atomic E-state index is 0.551. The molecule has 1 aliphatic heterocycles. The van der Waals surface area contributed by atoms with E-state index >= 15 is 0 Å². The van der Waals surface area contributed by atoms with Gasteiger partial charge in [-0.15, -0.1) is 0 Å². The number of fused-ring (bicyclic) bond motifs is 1. The van der Waals surface area contributed by atoms with Gasteiger partial charge in [0.25, 0.3) is 11.8 Å². The van der Waals surface area contributed by atoms with E-state index in [-0.39, 0.29) is 0 Å². The van der Waals surface area contributed by atoms with E-state index in [1.807, 2.05) is 30.3 Å². The highest BCUT2D eigenvalue weighted by Gasteiger charge is 2.49. The van der Waals surface area contributed by atoms with Gasteiger partial charge in [-0.3, -0.25) is 15.0 Å². The number of aromatic nitrogens is 1. The smallest absolute Gasteiger partial charge is 0.344 e. The van der Waals surface area contributed by atoms with Gasteiger partial charge in [-0.1, -0.05) is 54.6 Å². The van der Waals surface area contributed by atoms with E-state index in [0.29, 0.717) is 16.3 Å². The van der Waals surface area contributed by atoms with Gasteiger partial charge in [0, 0.05) is 11.5 Å². The molecule has 4 rings (SSSR count). The fourth-order valence-corrected chi connectivity index (χ4v) is 3.38. The molecule has 1 fully saturated rings. The fraction of sp³-hybridized carbons (Fsp3) is 0.125. The molecule has 2 heterocycles. The first-order valence-corrected chi connectivity index (χ1v) is 10.1. The minimum atomic E-state index is -1.32. The predicted octanol–water partition coefficient (Wildman–Crippen LogP) is 2.29. The van der Waals surface area contributed by atoms with Gasteiger partial charge in [0.05, 0.1) is 11.2 Å². The molecular formula is C24H20N4O5. The molecule has 9 heteroatoms. The first-order chi connectivity index (χ1) is 15.9. The number of pyridine rings is 1. The van der Waals surface area contributed by atoms with Gasteiger partial charge in [-0.05, 0) is 30.7 Å². The average molecular weight is 444 g/mol. The van der Waals surface area contributed by atoms with Crippen molar-refractivity contribution in [3.63, 3.8) is 0 Å². The van der Waals surface area contributed by atoms with Crippen LogP contribution in [0, 0.1) is 0 Å². The summed E-state index contributed by atoms with van der Waals surface area (Å²) in [4.78, 5) is 53.5. The highest BCUT2D eigenvalue weighted by atomic mass is 16.5. The van der Waals surface area contributed by atoms with Crippen molar-refractivity contribution in [1.29, 1.82) is 0 Å². The number of esters is 1. The number of imide groups is 1. The number of nitrogens with one attached hydrogen (secondary N) is 2. The molecule has 2 aromatic carbocycles. The quantitative estimate of drug-likeness (QED) is 0.342. The maximum absolute atomic E-state index is 12.8. The number of para-hydroxylation sites is 1. The van der Waals surface area contributed by atoms with Gasteiger partial charge in [-0.2, -0.15) is 5.01 Å². The van der Waals surface area contributed by atoms with Crippen molar-refractivity contribution in [3.05, 3.63) is 84.1 Å². The topological polar surface area (TPSA) is 118 Å². The Bertz CT molecular complexity index is 1270. The molecule has 1 atom stereocenters. The molecule has 166 valence electrons. The number of hydrazine groups is 1. The van der Waals surface area contributed by atoms with Crippen molar-refractivity contribution < 1.29 is 23.9 Å². The fourth-order valence-electron chi connectivity index (χ4n) is 3.38. The zero-order valence-electron chi connectivity index (χ0n) is 17.6. The van der Waals surface area contributed by atoms with Crippen LogP contribution in [0.4, 0.5) is 4.79 Å². The van der Waals surface area contributed by atoms with E-state index in [0.717, 1.165) is 17.0 Å². The van der Waals surface area contributed by atoms with E-state index < -0.39 is 36.0 Å². The molecule has 0 saturated carbocycles. The Morgan fingerprint density at radius 2 is 1.79 bits per heavy atom. The number of ether oxygens (including phenoxy) is 1. The van der Waals surface area contributed by atoms with Gasteiger partial charge < -0.3 is 10.1 Å². The van der Waals surface area contributed by atoms with Crippen molar-refractivity contribution in [3.8, 4) is 0 Å². The lowest BCUT2D eigenvalue weighted by Crippen LogP contribution is -2.49. The molecule has 3 aromatic rings. The van der Waals surface area contributed by atoms with Crippen LogP contribution >= 0.6 is 0 Å². The van der Waals surface area contributed by atoms with Crippen LogP contribution in [0.5, 0.6) is 0 Å². The monoisotopic (exact) mass is 444 g/mol. The van der Waals surface area contributed by atoms with Gasteiger partial charge in [0.15, 0.2) is 6.61 Å². The van der Waals surface area contributed by atoms with Crippen LogP contribution in [-0.2, 0) is 24.7 Å². The molecule has 1 aromatic heterocycles. The van der Waals surface area contributed by atoms with Crippen LogP contribution in [0.2, 0.25) is 0 Å². The van der Waals surface area contributed by atoms with Crippen molar-refractivity contribution in [2.45, 2.75) is 12.5 Å². The predicted molar refractivity (Wildman–Crippen MR) is 119 cm³/mol. The lowest BCUT2D eigenvalue weighted by Gasteiger charge is -2.22. The van der Waals surface area contributed by atoms with E-state index in [1.165, 1.54) is 6.08 Å². The molecule has 0 aliphatic carbocycles. The number of hydrogen-bond acceptors (Lipinski definition) is 6. The van der Waals surface area contributed by atoms with E-state index in [4.69, 9.17) is 4.74 Å². The first kappa shape index (κ1) is 21.7. The molecule has 4 amide bonds. The Labute approximate surface area is 189 Å². The van der Waals surface area contributed by atoms with Gasteiger partial charge in [0.2, 0.25) is 0 Å². The van der Waals surface area contributed by atoms with E-state index in [9.17, 15) is 19.2 Å². The normalized spacial score (nSPS) is 17.9. The highest BCUT2D eigenvalue weighted by molar-refractivity contribution is 6.08. The van der Waals surface area contributed by atoms with Gasteiger partial charge in [-0.25, -0.2) is 14.6 Å². The standard InChI is InChI=1S/C24H20N4O5/c1-24(17-8-3-2-4-9-17)22(31)28(23(32)26-24)27-20(29)15-33-21(30)14-13-18-12-11-16-7-5-6-10-19(16)25-18/h2-14H,15H2,1H3,(H,26,32)(H,27,29)/b14-13+/t24-/m1/s1. The summed E-state index contributed by atoms with van der Waals surface area (Å²) in [5.41, 5.74) is 2.75. The zero-order valence-corrected chi connectivity index (χ0v) is 17.6. The number of carbonyl (C=O) groups is 4. The van der Waals surface area contributed by atoms with Gasteiger partial charge in [0.1, 0.15) is 5.54 Å². The van der Waals surface area contributed by atoms with Crippen molar-refractivity contribution in [2.75, 3.05) is 6.61 Å². The van der Waals surface area contributed by atoms with Crippen molar-refractivity contribution in [2.24, 2.45) is 0 Å². The molecule has 0 bridgehead atoms. The molecular weight excluding hydrogens is 424 g/mol. The summed E-state index contributed by atoms with van der Waals surface area (Å²) in [5.74, 6) is -2.26. The van der Waals surface area contributed by atoms with Crippen molar-refractivity contribution >= 4 is 40.8 Å². The van der Waals surface area contributed by atoms with E-state index in [1.54, 1.807) is 43.3 Å². The van der Waals surface area contributed by atoms with Crippen LogP contribution in [0.3, 0.4) is 0 Å². The zero-order chi connectivity index (χ0) is 23.4. The SMILES string of the molecule is C[C@]1(c2ccccc2)NC(=O)N(NC(=O)COC(=O)/C=C/c2ccc3ccccc3n2)C1=O. The lowest BCUT2D eigenvalue weighted by atomic mass is 9.92. The number of urea groups is 1. The third-order valence-corrected chi connectivity index (χ3v) is 5.13. The minimum Gasteiger partial charge on any atom is -0.452 e. The second-order valence-electron chi connectivity index (χ2n) is 7.47. The van der Waals surface area contributed by atoms with Crippen LogP contribution in [0.1, 0.15) is 18.2 Å². The summed E-state index contributed by atoms with van der Waals surface area (Å²) in [6.07, 6.45) is 2.61. The largest absolute Gasteiger partial charge is 0.452 e. The molecule has 1 aliphatic rings. The first-order valence-electron chi connectivity index (χ1n) is 10.1. The summed E-state index contributed by atoms with van der Waals surface area (Å²) in [6.45, 7) is 0.869. The Hall–Kier alpha value is -4.53. The highest BCUT2D eigenvalue weighted by Crippen LogP contribution is 2.27. The van der Waals surface area contributed by atoms with E-state index in [2.05, 4.69) is 15.7 Å². The number of hydrogen-bond donors (Lipinski definition) is 2. The molecule has 0 unspecified atom stereocenters. The number of nitrogens with zero attached hydrogens (tertiary/aromatic N) is 2. The van der Waals surface area contributed by atoms with Crippen molar-refractivity contribution in [1.82, 2.24) is 20.7 Å². The molecule has 0 spiro atoms. The number of carbonyl (C=O) groups excluding carboxylic acids is 4. The average Bonchev–Trinajstić information content (AvgIpc) is 3.05. The third-order valence-electron chi connectivity index (χ3n) is 5.13. The summed E-state index contributed by atoms with van der Waals surface area (Å²) in [6, 6.07) is 19.0. The number of amides is 4. The molecule has 0 radical (unpaired) electrons. The molecule has 33 heavy (non-hydrogen) atoms.